The Kier molecular flexibility index (Phi) is 3.65. The highest BCUT2D eigenvalue weighted by molar-refractivity contribution is 7.16. The zero-order chi connectivity index (χ0) is 21.4. The summed E-state index contributed by atoms with van der Waals surface area (Å²) in [6.45, 7) is 1.75. The summed E-state index contributed by atoms with van der Waals surface area (Å²) in [5.41, 5.74) is 2.65. The van der Waals surface area contributed by atoms with Gasteiger partial charge in [0.25, 0.3) is 11.8 Å². The molecule has 158 valence electrons. The van der Waals surface area contributed by atoms with Crippen LogP contribution in [0.4, 0.5) is 5.95 Å². The fourth-order valence-corrected chi connectivity index (χ4v) is 5.95. The van der Waals surface area contributed by atoms with Gasteiger partial charge in [-0.2, -0.15) is 0 Å². The molecule has 1 aromatic carbocycles. The summed E-state index contributed by atoms with van der Waals surface area (Å²) in [6.07, 6.45) is 2.86. The molecule has 3 aliphatic rings. The van der Waals surface area contributed by atoms with Crippen molar-refractivity contribution in [1.29, 1.82) is 0 Å². The summed E-state index contributed by atoms with van der Waals surface area (Å²) in [5, 5.41) is 9.64. The number of piperazine rings is 1. The zero-order valence-electron chi connectivity index (χ0n) is 16.9. The highest BCUT2D eigenvalue weighted by Crippen LogP contribution is 2.38. The van der Waals surface area contributed by atoms with Gasteiger partial charge in [0.15, 0.2) is 0 Å². The van der Waals surface area contributed by atoms with E-state index in [0.717, 1.165) is 40.6 Å². The summed E-state index contributed by atoms with van der Waals surface area (Å²) in [6, 6.07) is 10.4. The number of amides is 2. The fourth-order valence-electron chi connectivity index (χ4n) is 5.18. The number of hydrogen-bond donors (Lipinski definition) is 3. The van der Waals surface area contributed by atoms with Gasteiger partial charge in [-0.15, -0.1) is 11.3 Å². The lowest BCUT2D eigenvalue weighted by Crippen LogP contribution is -2.44. The first-order chi connectivity index (χ1) is 15.7. The van der Waals surface area contributed by atoms with E-state index in [1.54, 1.807) is 17.5 Å². The van der Waals surface area contributed by atoms with Gasteiger partial charge in [0.2, 0.25) is 5.95 Å². The van der Waals surface area contributed by atoms with Crippen LogP contribution in [-0.4, -0.2) is 51.9 Å². The molecule has 0 aliphatic carbocycles. The Hall–Kier alpha value is -3.56. The fraction of sp³-hybridized carbons (Fsp3) is 0.217. The summed E-state index contributed by atoms with van der Waals surface area (Å²) in [7, 11) is 0. The van der Waals surface area contributed by atoms with Crippen LogP contribution in [0.5, 0.6) is 0 Å². The molecule has 2 atom stereocenters. The number of fused-ring (bicyclic) bond motifs is 4. The van der Waals surface area contributed by atoms with E-state index in [-0.39, 0.29) is 0 Å². The second-order valence-electron chi connectivity index (χ2n) is 8.44. The van der Waals surface area contributed by atoms with Crippen molar-refractivity contribution >= 4 is 61.4 Å². The molecule has 0 spiro atoms. The van der Waals surface area contributed by atoms with Crippen LogP contribution in [0.25, 0.3) is 32.3 Å². The van der Waals surface area contributed by atoms with Gasteiger partial charge in [0.1, 0.15) is 4.83 Å². The Labute approximate surface area is 186 Å². The predicted molar refractivity (Wildman–Crippen MR) is 123 cm³/mol. The van der Waals surface area contributed by atoms with Crippen molar-refractivity contribution in [2.45, 2.75) is 18.5 Å². The molecule has 0 radical (unpaired) electrons. The quantitative estimate of drug-likeness (QED) is 0.421. The second kappa shape index (κ2) is 6.47. The SMILES string of the molecule is O=C1NC(=O)C(c2c[nH]c3sccc23)=C1c1nc(N2CC3CC2CN3)nc2ccccc12. The first kappa shape index (κ1) is 18.1. The third kappa shape index (κ3) is 2.46. The van der Waals surface area contributed by atoms with Gasteiger partial charge in [-0.25, -0.2) is 9.97 Å². The molecule has 2 bridgehead atoms. The minimum absolute atomic E-state index is 0.310. The van der Waals surface area contributed by atoms with E-state index in [4.69, 9.17) is 9.97 Å². The van der Waals surface area contributed by atoms with E-state index in [9.17, 15) is 9.59 Å². The topological polar surface area (TPSA) is 103 Å². The van der Waals surface area contributed by atoms with Gasteiger partial charge < -0.3 is 15.2 Å². The zero-order valence-corrected chi connectivity index (χ0v) is 17.7. The Balaban J connectivity index is 1.50. The lowest BCUT2D eigenvalue weighted by Gasteiger charge is -2.28. The number of imide groups is 1. The number of carbonyl (C=O) groups is 2. The molecule has 6 heterocycles. The molecule has 3 N–H and O–H groups in total. The molecule has 8 nitrogen and oxygen atoms in total. The number of anilines is 1. The van der Waals surface area contributed by atoms with Crippen molar-refractivity contribution in [3.05, 3.63) is 53.2 Å². The number of benzene rings is 1. The second-order valence-corrected chi connectivity index (χ2v) is 9.35. The number of hydrogen-bond acceptors (Lipinski definition) is 7. The molecule has 7 rings (SSSR count). The third-order valence-electron chi connectivity index (χ3n) is 6.65. The highest BCUT2D eigenvalue weighted by atomic mass is 32.1. The molecule has 3 aromatic heterocycles. The van der Waals surface area contributed by atoms with E-state index in [0.29, 0.717) is 40.4 Å². The van der Waals surface area contributed by atoms with Crippen molar-refractivity contribution in [3.8, 4) is 0 Å². The molecule has 3 aliphatic heterocycles. The van der Waals surface area contributed by atoms with Gasteiger partial charge in [0, 0.05) is 47.7 Å². The Morgan fingerprint density at radius 3 is 2.75 bits per heavy atom. The maximum Gasteiger partial charge on any atom is 0.261 e. The van der Waals surface area contributed by atoms with Gasteiger partial charge in [-0.05, 0) is 23.9 Å². The molecule has 0 saturated carbocycles. The number of H-pyrrole nitrogens is 1. The van der Waals surface area contributed by atoms with Crippen LogP contribution in [0.15, 0.2) is 41.9 Å². The number of nitrogens with zero attached hydrogens (tertiary/aromatic N) is 3. The van der Waals surface area contributed by atoms with Crippen molar-refractivity contribution < 1.29 is 9.59 Å². The van der Waals surface area contributed by atoms with Gasteiger partial charge in [0.05, 0.1) is 22.4 Å². The average molecular weight is 443 g/mol. The van der Waals surface area contributed by atoms with Crippen molar-refractivity contribution in [2.24, 2.45) is 0 Å². The van der Waals surface area contributed by atoms with Crippen molar-refractivity contribution in [1.82, 2.24) is 25.6 Å². The summed E-state index contributed by atoms with van der Waals surface area (Å²) in [4.78, 5) is 42.2. The maximum atomic E-state index is 13.1. The first-order valence-electron chi connectivity index (χ1n) is 10.6. The van der Waals surface area contributed by atoms with E-state index in [1.807, 2.05) is 35.7 Å². The van der Waals surface area contributed by atoms with Crippen LogP contribution in [0.2, 0.25) is 0 Å². The number of aromatic nitrogens is 3. The van der Waals surface area contributed by atoms with E-state index >= 15 is 0 Å². The van der Waals surface area contributed by atoms with Gasteiger partial charge in [-0.3, -0.25) is 14.9 Å². The standard InChI is InChI=1S/C23H18N6O2S/c30-20-17(15-9-25-22-13(15)5-6-32-22)18(21(31)28-20)19-14-3-1-2-4-16(14)26-23(27-19)29-10-11-7-12(29)8-24-11/h1-6,9,11-12,24-25H,7-8,10H2,(H,28,30,31). The number of nitrogens with one attached hydrogen (secondary N) is 3. The van der Waals surface area contributed by atoms with Crippen LogP contribution in [0.1, 0.15) is 17.7 Å². The first-order valence-corrected chi connectivity index (χ1v) is 11.5. The van der Waals surface area contributed by atoms with E-state index in [2.05, 4.69) is 20.5 Å². The molecule has 9 heteroatoms. The molecule has 2 saturated heterocycles. The molecule has 4 aromatic rings. The third-order valence-corrected chi connectivity index (χ3v) is 7.49. The number of carbonyl (C=O) groups excluding carboxylic acids is 2. The summed E-state index contributed by atoms with van der Waals surface area (Å²) in [5.74, 6) is -0.207. The molecular weight excluding hydrogens is 424 g/mol. The molecule has 2 amide bonds. The highest BCUT2D eigenvalue weighted by Gasteiger charge is 2.40. The monoisotopic (exact) mass is 442 g/mol. The molecular formula is C23H18N6O2S. The van der Waals surface area contributed by atoms with Crippen molar-refractivity contribution in [2.75, 3.05) is 18.0 Å². The van der Waals surface area contributed by atoms with Crippen LogP contribution in [0.3, 0.4) is 0 Å². The van der Waals surface area contributed by atoms with Crippen LogP contribution < -0.4 is 15.5 Å². The number of rotatable bonds is 3. The smallest absolute Gasteiger partial charge is 0.261 e. The van der Waals surface area contributed by atoms with Gasteiger partial charge >= 0.3 is 0 Å². The summed E-state index contributed by atoms with van der Waals surface area (Å²) >= 11 is 1.56. The Morgan fingerprint density at radius 2 is 1.91 bits per heavy atom. The predicted octanol–water partition coefficient (Wildman–Crippen LogP) is 2.29. The maximum absolute atomic E-state index is 13.1. The normalized spacial score (nSPS) is 22.7. The van der Waals surface area contributed by atoms with E-state index in [1.165, 1.54) is 0 Å². The largest absolute Gasteiger partial charge is 0.352 e. The van der Waals surface area contributed by atoms with Crippen LogP contribution in [-0.2, 0) is 9.59 Å². The number of thiophene rings is 1. The lowest BCUT2D eigenvalue weighted by molar-refractivity contribution is -0.122. The number of para-hydroxylation sites is 1. The van der Waals surface area contributed by atoms with Crippen LogP contribution in [0, 0.1) is 0 Å². The number of aromatic amines is 1. The minimum Gasteiger partial charge on any atom is -0.352 e. The van der Waals surface area contributed by atoms with Gasteiger partial charge in [-0.1, -0.05) is 18.2 Å². The van der Waals surface area contributed by atoms with Crippen LogP contribution >= 0.6 is 11.3 Å². The van der Waals surface area contributed by atoms with E-state index < -0.39 is 11.8 Å². The Bertz CT molecular complexity index is 1480. The lowest BCUT2D eigenvalue weighted by atomic mass is 9.97. The summed E-state index contributed by atoms with van der Waals surface area (Å²) < 4.78 is 0. The molecule has 2 fully saturated rings. The molecule has 32 heavy (non-hydrogen) atoms. The Morgan fingerprint density at radius 1 is 1.03 bits per heavy atom. The average Bonchev–Trinajstić information content (AvgIpc) is 3.60. The molecule has 2 unspecified atom stereocenters. The van der Waals surface area contributed by atoms with Crippen molar-refractivity contribution in [3.63, 3.8) is 0 Å². The minimum atomic E-state index is -0.422.